The number of carbonyl (C=O) groups is 4. The van der Waals surface area contributed by atoms with Crippen molar-refractivity contribution in [2.45, 2.75) is 363 Å². The molecular formula is C70H136O17P2. The van der Waals surface area contributed by atoms with Gasteiger partial charge in [-0.05, 0) is 49.4 Å². The van der Waals surface area contributed by atoms with E-state index < -0.39 is 97.5 Å². The van der Waals surface area contributed by atoms with E-state index in [4.69, 9.17) is 37.0 Å². The Morgan fingerprint density at radius 1 is 0.281 bits per heavy atom. The first-order valence-electron chi connectivity index (χ1n) is 36.2. The van der Waals surface area contributed by atoms with Gasteiger partial charge >= 0.3 is 39.5 Å². The van der Waals surface area contributed by atoms with Crippen molar-refractivity contribution in [3.05, 3.63) is 0 Å². The summed E-state index contributed by atoms with van der Waals surface area (Å²) in [6.07, 6.45) is 42.1. The maximum Gasteiger partial charge on any atom is 0.472 e. The van der Waals surface area contributed by atoms with Gasteiger partial charge < -0.3 is 33.8 Å². The molecule has 0 radical (unpaired) electrons. The summed E-state index contributed by atoms with van der Waals surface area (Å²) in [6.45, 7) is 14.0. The minimum atomic E-state index is -4.95. The second-order valence-corrected chi connectivity index (χ2v) is 30.1. The van der Waals surface area contributed by atoms with Crippen LogP contribution in [0.3, 0.4) is 0 Å². The summed E-state index contributed by atoms with van der Waals surface area (Å²) in [4.78, 5) is 72.4. The molecule has 5 atom stereocenters. The molecule has 19 heteroatoms. The standard InChI is InChI=1S/C70H136O17P2/c1-60(2)46-38-30-22-17-15-13-11-9-10-12-14-16-18-25-34-42-50-67(72)80-56-65(87-70(75)53-45-37-27-21-24-32-40-48-62(5)6)58-84-88(76,77)82-54-64(71)55-83-89(78,79)85-59-66(57-81-68(73)51-43-35-29-28-33-41-49-63(7)8)86-69(74)52-44-36-26-20-19-23-31-39-47-61(3)4/h60-66,71H,9-59H2,1-8H3,(H,76,77)(H,78,79)/t64-,65-,66-/m1/s1. The number of phosphoric ester groups is 2. The van der Waals surface area contributed by atoms with Crippen molar-refractivity contribution >= 4 is 39.5 Å². The number of phosphoric acid groups is 2. The van der Waals surface area contributed by atoms with Crippen LogP contribution in [0.4, 0.5) is 0 Å². The molecule has 0 aromatic carbocycles. The first-order chi connectivity index (χ1) is 42.6. The zero-order valence-corrected chi connectivity index (χ0v) is 59.8. The van der Waals surface area contributed by atoms with Gasteiger partial charge in [0.25, 0.3) is 0 Å². The van der Waals surface area contributed by atoms with Gasteiger partial charge in [-0.25, -0.2) is 9.13 Å². The van der Waals surface area contributed by atoms with Gasteiger partial charge in [-0.3, -0.25) is 37.3 Å². The molecule has 0 aliphatic carbocycles. The lowest BCUT2D eigenvalue weighted by Gasteiger charge is -2.21. The second kappa shape index (κ2) is 59.8. The number of rotatable bonds is 67. The summed E-state index contributed by atoms with van der Waals surface area (Å²) in [5.41, 5.74) is 0. The zero-order valence-electron chi connectivity index (χ0n) is 58.1. The van der Waals surface area contributed by atoms with Gasteiger partial charge in [-0.2, -0.15) is 0 Å². The minimum Gasteiger partial charge on any atom is -0.462 e. The third kappa shape index (κ3) is 64.6. The van der Waals surface area contributed by atoms with Crippen molar-refractivity contribution in [1.29, 1.82) is 0 Å². The Morgan fingerprint density at radius 3 is 0.697 bits per heavy atom. The Labute approximate surface area is 543 Å². The lowest BCUT2D eigenvalue weighted by atomic mass is 10.0. The SMILES string of the molecule is CC(C)CCCCCCCCCCCCCCCCCCC(=O)OC[C@H](COP(=O)(O)OC[C@@H](O)COP(=O)(O)OC[C@@H](COC(=O)CCCCCCCCC(C)C)OC(=O)CCCCCCCCCCC(C)C)OC(=O)CCCCCCCCCC(C)C. The van der Waals surface area contributed by atoms with Crippen molar-refractivity contribution < 1.29 is 80.2 Å². The lowest BCUT2D eigenvalue weighted by molar-refractivity contribution is -0.161. The number of aliphatic hydroxyl groups is 1. The molecule has 0 fully saturated rings. The predicted octanol–water partition coefficient (Wildman–Crippen LogP) is 19.7. The summed E-state index contributed by atoms with van der Waals surface area (Å²) in [5, 5.41) is 10.6. The average Bonchev–Trinajstić information content (AvgIpc) is 3.68. The third-order valence-corrected chi connectivity index (χ3v) is 18.0. The van der Waals surface area contributed by atoms with Crippen LogP contribution in [0, 0.1) is 23.7 Å². The van der Waals surface area contributed by atoms with E-state index in [9.17, 15) is 43.2 Å². The highest BCUT2D eigenvalue weighted by Crippen LogP contribution is 2.45. The molecule has 0 saturated carbocycles. The van der Waals surface area contributed by atoms with Crippen molar-refractivity contribution in [3.8, 4) is 0 Å². The quantitative estimate of drug-likeness (QED) is 0.0222. The lowest BCUT2D eigenvalue weighted by Crippen LogP contribution is -2.30. The van der Waals surface area contributed by atoms with E-state index in [1.165, 1.54) is 141 Å². The van der Waals surface area contributed by atoms with Crippen LogP contribution in [-0.4, -0.2) is 96.7 Å². The van der Waals surface area contributed by atoms with Crippen LogP contribution in [-0.2, 0) is 65.4 Å². The molecule has 3 N–H and O–H groups in total. The molecule has 17 nitrogen and oxygen atoms in total. The maximum atomic E-state index is 13.0. The second-order valence-electron chi connectivity index (χ2n) is 27.2. The maximum absolute atomic E-state index is 13.0. The highest BCUT2D eigenvalue weighted by Gasteiger charge is 2.30. The summed E-state index contributed by atoms with van der Waals surface area (Å²) in [6, 6.07) is 0. The number of hydrogen-bond acceptors (Lipinski definition) is 15. The molecule has 0 amide bonds. The number of esters is 4. The van der Waals surface area contributed by atoms with Crippen LogP contribution in [0.15, 0.2) is 0 Å². The van der Waals surface area contributed by atoms with Crippen LogP contribution in [0.1, 0.15) is 344 Å². The van der Waals surface area contributed by atoms with Crippen molar-refractivity contribution in [2.75, 3.05) is 39.6 Å². The highest BCUT2D eigenvalue weighted by molar-refractivity contribution is 7.47. The van der Waals surface area contributed by atoms with Gasteiger partial charge in [-0.15, -0.1) is 0 Å². The predicted molar refractivity (Wildman–Crippen MR) is 358 cm³/mol. The van der Waals surface area contributed by atoms with E-state index in [1.807, 2.05) is 0 Å². The molecule has 0 aliphatic heterocycles. The first-order valence-corrected chi connectivity index (χ1v) is 39.2. The van der Waals surface area contributed by atoms with Gasteiger partial charge in [0.05, 0.1) is 26.4 Å². The molecule has 0 rings (SSSR count). The number of hydrogen-bond donors (Lipinski definition) is 3. The van der Waals surface area contributed by atoms with E-state index in [2.05, 4.69) is 55.4 Å². The van der Waals surface area contributed by atoms with Gasteiger partial charge in [0.1, 0.15) is 19.3 Å². The van der Waals surface area contributed by atoms with E-state index >= 15 is 0 Å². The Morgan fingerprint density at radius 2 is 0.472 bits per heavy atom. The Hall–Kier alpha value is -1.94. The fraction of sp³-hybridized carbons (Fsp3) is 0.943. The molecule has 0 saturated heterocycles. The molecule has 0 aromatic rings. The fourth-order valence-corrected chi connectivity index (χ4v) is 12.1. The average molecular weight is 1310 g/mol. The molecule has 528 valence electrons. The molecule has 0 bridgehead atoms. The van der Waals surface area contributed by atoms with Crippen LogP contribution in [0.5, 0.6) is 0 Å². The third-order valence-electron chi connectivity index (χ3n) is 16.1. The van der Waals surface area contributed by atoms with Crippen molar-refractivity contribution in [3.63, 3.8) is 0 Å². The summed E-state index contributed by atoms with van der Waals surface area (Å²) in [5.74, 6) is 0.771. The van der Waals surface area contributed by atoms with Gasteiger partial charge in [0.2, 0.25) is 0 Å². The smallest absolute Gasteiger partial charge is 0.462 e. The summed E-state index contributed by atoms with van der Waals surface area (Å²) >= 11 is 0. The van der Waals surface area contributed by atoms with Crippen LogP contribution < -0.4 is 0 Å². The number of carbonyl (C=O) groups excluding carboxylic acids is 4. The Bertz CT molecular complexity index is 1760. The number of unbranched alkanes of at least 4 members (excludes halogenated alkanes) is 33. The summed E-state index contributed by atoms with van der Waals surface area (Å²) in [7, 11) is -9.90. The zero-order chi connectivity index (χ0) is 66.1. The summed E-state index contributed by atoms with van der Waals surface area (Å²) < 4.78 is 68.2. The molecule has 0 aromatic heterocycles. The molecular weight excluding hydrogens is 1170 g/mol. The first kappa shape index (κ1) is 87.1. The van der Waals surface area contributed by atoms with Crippen molar-refractivity contribution in [1.82, 2.24) is 0 Å². The normalized spacial score (nSPS) is 14.3. The Kier molecular flexibility index (Phi) is 58.5. The molecule has 2 unspecified atom stereocenters. The molecule has 0 spiro atoms. The number of ether oxygens (including phenoxy) is 4. The van der Waals surface area contributed by atoms with E-state index in [0.717, 1.165) is 108 Å². The van der Waals surface area contributed by atoms with E-state index in [1.54, 1.807) is 0 Å². The van der Waals surface area contributed by atoms with Crippen LogP contribution in [0.2, 0.25) is 0 Å². The Balaban J connectivity index is 5.16. The van der Waals surface area contributed by atoms with Crippen LogP contribution >= 0.6 is 15.6 Å². The largest absolute Gasteiger partial charge is 0.472 e. The van der Waals surface area contributed by atoms with E-state index in [-0.39, 0.29) is 25.7 Å². The monoisotopic (exact) mass is 1310 g/mol. The highest BCUT2D eigenvalue weighted by atomic mass is 31.2. The molecule has 0 heterocycles. The van der Waals surface area contributed by atoms with Gasteiger partial charge in [-0.1, -0.05) is 293 Å². The van der Waals surface area contributed by atoms with Crippen LogP contribution in [0.25, 0.3) is 0 Å². The van der Waals surface area contributed by atoms with E-state index in [0.29, 0.717) is 37.5 Å². The minimum absolute atomic E-state index is 0.103. The molecule has 89 heavy (non-hydrogen) atoms. The number of aliphatic hydroxyl groups excluding tert-OH is 1. The fourth-order valence-electron chi connectivity index (χ4n) is 10.5. The van der Waals surface area contributed by atoms with Crippen molar-refractivity contribution in [2.24, 2.45) is 23.7 Å². The van der Waals surface area contributed by atoms with Gasteiger partial charge in [0.15, 0.2) is 12.2 Å². The van der Waals surface area contributed by atoms with Gasteiger partial charge in [0, 0.05) is 25.7 Å². The molecule has 0 aliphatic rings. The topological polar surface area (TPSA) is 237 Å².